The van der Waals surface area contributed by atoms with Crippen LogP contribution in [0.5, 0.6) is 0 Å². The third-order valence-corrected chi connectivity index (χ3v) is 2.99. The van der Waals surface area contributed by atoms with Gasteiger partial charge in [0.15, 0.2) is 0 Å². The lowest BCUT2D eigenvalue weighted by molar-refractivity contribution is -0.152. The molecule has 1 aliphatic rings. The van der Waals surface area contributed by atoms with Gasteiger partial charge >= 0.3 is 5.97 Å². The van der Waals surface area contributed by atoms with Gasteiger partial charge < -0.3 is 15.2 Å². The summed E-state index contributed by atoms with van der Waals surface area (Å²) in [4.78, 5) is 11.6. The van der Waals surface area contributed by atoms with Gasteiger partial charge in [-0.05, 0) is 26.7 Å². The van der Waals surface area contributed by atoms with Crippen LogP contribution in [0.4, 0.5) is 0 Å². The molecule has 0 bridgehead atoms. The minimum atomic E-state index is -0.317. The maximum Gasteiger partial charge on any atom is 0.307 e. The smallest absolute Gasteiger partial charge is 0.307 e. The lowest BCUT2D eigenvalue weighted by Gasteiger charge is -2.23. The topological polar surface area (TPSA) is 61.5 Å². The third-order valence-electron chi connectivity index (χ3n) is 2.99. The number of ether oxygens (including phenoxy) is 2. The molecule has 1 fully saturated rings. The number of hydrogen-bond donors (Lipinski definition) is 1. The molecule has 0 aromatic heterocycles. The summed E-state index contributed by atoms with van der Waals surface area (Å²) >= 11 is 0. The Balaban J connectivity index is 2.24. The average molecular weight is 229 g/mol. The first kappa shape index (κ1) is 13.5. The monoisotopic (exact) mass is 229 g/mol. The van der Waals surface area contributed by atoms with Crippen molar-refractivity contribution < 1.29 is 14.3 Å². The summed E-state index contributed by atoms with van der Waals surface area (Å²) < 4.78 is 10.4. The fraction of sp³-hybridized carbons (Fsp3) is 0.917. The minimum absolute atomic E-state index is 0.183. The molecule has 1 rings (SSSR count). The van der Waals surface area contributed by atoms with Gasteiger partial charge in [-0.15, -0.1) is 0 Å². The first-order valence-electron chi connectivity index (χ1n) is 6.12. The SMILES string of the molecule is CCOCC(C)OC(=O)CC1(N)CCCC1. The Morgan fingerprint density at radius 2 is 2.06 bits per heavy atom. The summed E-state index contributed by atoms with van der Waals surface area (Å²) in [6.45, 7) is 4.86. The molecule has 0 spiro atoms. The van der Waals surface area contributed by atoms with Gasteiger partial charge in [-0.2, -0.15) is 0 Å². The van der Waals surface area contributed by atoms with E-state index in [1.54, 1.807) is 0 Å². The number of nitrogens with two attached hydrogens (primary N) is 1. The quantitative estimate of drug-likeness (QED) is 0.703. The van der Waals surface area contributed by atoms with E-state index < -0.39 is 0 Å². The van der Waals surface area contributed by atoms with E-state index in [-0.39, 0.29) is 17.6 Å². The van der Waals surface area contributed by atoms with E-state index in [0.717, 1.165) is 25.7 Å². The molecule has 0 radical (unpaired) electrons. The van der Waals surface area contributed by atoms with Crippen LogP contribution in [0.25, 0.3) is 0 Å². The molecule has 0 heterocycles. The van der Waals surface area contributed by atoms with Crippen LogP contribution in [0.1, 0.15) is 46.0 Å². The maximum absolute atomic E-state index is 11.6. The highest BCUT2D eigenvalue weighted by atomic mass is 16.6. The van der Waals surface area contributed by atoms with Crippen molar-refractivity contribution in [3.8, 4) is 0 Å². The Bertz CT molecular complexity index is 224. The van der Waals surface area contributed by atoms with Crippen molar-refractivity contribution in [3.05, 3.63) is 0 Å². The van der Waals surface area contributed by atoms with Crippen molar-refractivity contribution in [3.63, 3.8) is 0 Å². The van der Waals surface area contributed by atoms with Crippen molar-refractivity contribution in [1.82, 2.24) is 0 Å². The van der Waals surface area contributed by atoms with Crippen molar-refractivity contribution in [2.24, 2.45) is 5.73 Å². The highest BCUT2D eigenvalue weighted by Gasteiger charge is 2.32. The van der Waals surface area contributed by atoms with Crippen LogP contribution in [-0.2, 0) is 14.3 Å². The van der Waals surface area contributed by atoms with Gasteiger partial charge in [0, 0.05) is 12.1 Å². The predicted octanol–water partition coefficient (Wildman–Crippen LogP) is 1.62. The number of hydrogen-bond acceptors (Lipinski definition) is 4. The summed E-state index contributed by atoms with van der Waals surface area (Å²) in [6.07, 6.45) is 4.27. The largest absolute Gasteiger partial charge is 0.460 e. The second-order valence-corrected chi connectivity index (χ2v) is 4.71. The van der Waals surface area contributed by atoms with E-state index >= 15 is 0 Å². The van der Waals surface area contributed by atoms with Crippen LogP contribution in [0.3, 0.4) is 0 Å². The lowest BCUT2D eigenvalue weighted by Crippen LogP contribution is -2.40. The Labute approximate surface area is 97.5 Å². The zero-order valence-electron chi connectivity index (χ0n) is 10.3. The Kier molecular flexibility index (Phi) is 5.22. The second-order valence-electron chi connectivity index (χ2n) is 4.71. The Morgan fingerprint density at radius 3 is 2.62 bits per heavy atom. The Morgan fingerprint density at radius 1 is 1.44 bits per heavy atom. The zero-order chi connectivity index (χ0) is 12.0. The third kappa shape index (κ3) is 4.49. The molecule has 1 aliphatic carbocycles. The van der Waals surface area contributed by atoms with Gasteiger partial charge in [-0.25, -0.2) is 0 Å². The van der Waals surface area contributed by atoms with E-state index in [2.05, 4.69) is 0 Å². The number of carbonyl (C=O) groups excluding carboxylic acids is 1. The van der Waals surface area contributed by atoms with Crippen molar-refractivity contribution in [1.29, 1.82) is 0 Å². The Hall–Kier alpha value is -0.610. The summed E-state index contributed by atoms with van der Waals surface area (Å²) in [7, 11) is 0. The lowest BCUT2D eigenvalue weighted by atomic mass is 9.95. The van der Waals surface area contributed by atoms with Gasteiger partial charge in [0.05, 0.1) is 13.0 Å². The average Bonchev–Trinajstić information content (AvgIpc) is 2.61. The summed E-state index contributed by atoms with van der Waals surface area (Å²) in [5.74, 6) is -0.198. The van der Waals surface area contributed by atoms with E-state index in [0.29, 0.717) is 19.6 Å². The molecular weight excluding hydrogens is 206 g/mol. The van der Waals surface area contributed by atoms with Crippen molar-refractivity contribution in [2.45, 2.75) is 57.6 Å². The van der Waals surface area contributed by atoms with Crippen LogP contribution in [0, 0.1) is 0 Å². The van der Waals surface area contributed by atoms with Crippen molar-refractivity contribution >= 4 is 5.97 Å². The number of esters is 1. The maximum atomic E-state index is 11.6. The molecule has 0 amide bonds. The van der Waals surface area contributed by atoms with E-state index in [1.807, 2.05) is 13.8 Å². The molecule has 1 unspecified atom stereocenters. The first-order chi connectivity index (χ1) is 7.56. The highest BCUT2D eigenvalue weighted by molar-refractivity contribution is 5.71. The predicted molar refractivity (Wildman–Crippen MR) is 62.1 cm³/mol. The molecule has 4 nitrogen and oxygen atoms in total. The van der Waals surface area contributed by atoms with E-state index in [4.69, 9.17) is 15.2 Å². The highest BCUT2D eigenvalue weighted by Crippen LogP contribution is 2.30. The molecular formula is C12H23NO3. The van der Waals surface area contributed by atoms with E-state index in [1.165, 1.54) is 0 Å². The second kappa shape index (κ2) is 6.21. The zero-order valence-corrected chi connectivity index (χ0v) is 10.3. The molecule has 1 atom stereocenters. The van der Waals surface area contributed by atoms with E-state index in [9.17, 15) is 4.79 Å². The van der Waals surface area contributed by atoms with Crippen LogP contribution in [0.15, 0.2) is 0 Å². The van der Waals surface area contributed by atoms with Crippen LogP contribution in [-0.4, -0.2) is 30.8 Å². The summed E-state index contributed by atoms with van der Waals surface area (Å²) in [6, 6.07) is 0. The molecule has 0 aromatic rings. The molecule has 2 N–H and O–H groups in total. The fourth-order valence-electron chi connectivity index (χ4n) is 2.13. The van der Waals surface area contributed by atoms with Gasteiger partial charge in [0.2, 0.25) is 0 Å². The number of carbonyl (C=O) groups is 1. The fourth-order valence-corrected chi connectivity index (χ4v) is 2.13. The summed E-state index contributed by atoms with van der Waals surface area (Å²) in [5, 5.41) is 0. The molecule has 1 saturated carbocycles. The van der Waals surface area contributed by atoms with Gasteiger partial charge in [-0.3, -0.25) is 4.79 Å². The first-order valence-corrected chi connectivity index (χ1v) is 6.12. The molecule has 4 heteroatoms. The van der Waals surface area contributed by atoms with Crippen LogP contribution < -0.4 is 5.73 Å². The number of rotatable bonds is 6. The standard InChI is InChI=1S/C12H23NO3/c1-3-15-9-10(2)16-11(14)8-12(13)6-4-5-7-12/h10H,3-9,13H2,1-2H3. The van der Waals surface area contributed by atoms with Gasteiger partial charge in [-0.1, -0.05) is 12.8 Å². The molecule has 94 valence electrons. The molecule has 0 saturated heterocycles. The minimum Gasteiger partial charge on any atom is -0.460 e. The van der Waals surface area contributed by atoms with Gasteiger partial charge in [0.1, 0.15) is 6.10 Å². The molecule has 0 aliphatic heterocycles. The van der Waals surface area contributed by atoms with Crippen LogP contribution in [0.2, 0.25) is 0 Å². The van der Waals surface area contributed by atoms with Crippen molar-refractivity contribution in [2.75, 3.05) is 13.2 Å². The molecule has 0 aromatic carbocycles. The summed E-state index contributed by atoms with van der Waals surface area (Å²) in [5.41, 5.74) is 5.79. The normalized spacial score (nSPS) is 20.7. The van der Waals surface area contributed by atoms with Gasteiger partial charge in [0.25, 0.3) is 0 Å². The van der Waals surface area contributed by atoms with Crippen LogP contribution >= 0.6 is 0 Å². The molecule has 16 heavy (non-hydrogen) atoms.